The van der Waals surface area contributed by atoms with Crippen molar-refractivity contribution in [2.45, 2.75) is 38.8 Å². The first-order valence-electron chi connectivity index (χ1n) is 14.4. The quantitative estimate of drug-likeness (QED) is 0.0625. The molecule has 6 rings (SSSR count). The van der Waals surface area contributed by atoms with Crippen LogP contribution in [0.4, 0.5) is 17.1 Å². The number of nitro benzene ring substituents is 1. The van der Waals surface area contributed by atoms with E-state index in [1.54, 1.807) is 12.1 Å². The van der Waals surface area contributed by atoms with E-state index in [4.69, 9.17) is 14.5 Å². The summed E-state index contributed by atoms with van der Waals surface area (Å²) in [5, 5.41) is 14.7. The third-order valence-electron chi connectivity index (χ3n) is 8.00. The van der Waals surface area contributed by atoms with Gasteiger partial charge in [-0.3, -0.25) is 15.1 Å². The summed E-state index contributed by atoms with van der Waals surface area (Å²) < 4.78 is 12.9. The number of fused-ring (bicyclic) bond motifs is 3. The lowest BCUT2D eigenvalue weighted by Crippen LogP contribution is -2.29. The summed E-state index contributed by atoms with van der Waals surface area (Å²) in [5.74, 6) is 2.22. The van der Waals surface area contributed by atoms with Crippen molar-refractivity contribution in [3.8, 4) is 11.5 Å². The van der Waals surface area contributed by atoms with Gasteiger partial charge in [-0.2, -0.15) is 0 Å². The molecule has 0 aromatic heterocycles. The number of halogens is 1. The number of aryl methyl sites for hydroxylation is 1. The van der Waals surface area contributed by atoms with Crippen LogP contribution >= 0.6 is 22.6 Å². The molecule has 0 saturated carbocycles. The van der Waals surface area contributed by atoms with E-state index in [2.05, 4.69) is 89.4 Å². The smallest absolute Gasteiger partial charge is 0.269 e. The maximum absolute atomic E-state index is 10.9. The van der Waals surface area contributed by atoms with Gasteiger partial charge in [-0.05, 0) is 113 Å². The number of hydrogen-bond acceptors (Lipinski definition) is 6. The first kappa shape index (κ1) is 28.9. The van der Waals surface area contributed by atoms with Crippen LogP contribution in [0.15, 0.2) is 96.0 Å². The Bertz CT molecular complexity index is 1700. The highest BCUT2D eigenvalue weighted by Crippen LogP contribution is 2.50. The van der Waals surface area contributed by atoms with Gasteiger partial charge in [0.05, 0.1) is 26.8 Å². The molecular weight excluding hydrogens is 653 g/mol. The predicted molar refractivity (Wildman–Crippen MR) is 179 cm³/mol. The Kier molecular flexibility index (Phi) is 8.47. The number of hydrogen-bond donors (Lipinski definition) is 1. The zero-order valence-electron chi connectivity index (χ0n) is 24.0. The zero-order chi connectivity index (χ0) is 29.9. The van der Waals surface area contributed by atoms with Crippen molar-refractivity contribution in [3.05, 3.63) is 133 Å². The van der Waals surface area contributed by atoms with Gasteiger partial charge >= 0.3 is 0 Å². The molecule has 218 valence electrons. The van der Waals surface area contributed by atoms with Crippen molar-refractivity contribution in [2.24, 2.45) is 10.9 Å². The molecule has 1 aliphatic heterocycles. The van der Waals surface area contributed by atoms with Gasteiger partial charge in [0.25, 0.3) is 5.69 Å². The standard InChI is InChI=1S/C35H32IN3O4/c1-3-42-33-19-24(18-31(36)35(33)43-21-23-8-14-27(15-9-23)39(40)41)20-37-26-12-10-25(11-13-26)34-29-6-4-5-28(29)30-17-22(2)7-16-32(30)38-34/h4-5,7-20,28-29,34,38H,3,6,21H2,1-2H3/t28-,29-,34-/m0/s1. The predicted octanol–water partition coefficient (Wildman–Crippen LogP) is 9.06. The summed E-state index contributed by atoms with van der Waals surface area (Å²) in [6.45, 7) is 4.85. The van der Waals surface area contributed by atoms with Crippen molar-refractivity contribution in [2.75, 3.05) is 11.9 Å². The van der Waals surface area contributed by atoms with Crippen LogP contribution in [-0.2, 0) is 6.61 Å². The van der Waals surface area contributed by atoms with Crippen molar-refractivity contribution < 1.29 is 14.4 Å². The van der Waals surface area contributed by atoms with Gasteiger partial charge in [0.2, 0.25) is 0 Å². The second kappa shape index (κ2) is 12.6. The molecule has 2 aliphatic rings. The van der Waals surface area contributed by atoms with Crippen molar-refractivity contribution in [1.82, 2.24) is 0 Å². The molecule has 4 aromatic carbocycles. The van der Waals surface area contributed by atoms with E-state index < -0.39 is 4.92 Å². The van der Waals surface area contributed by atoms with Crippen LogP contribution in [0.1, 0.15) is 53.1 Å². The highest BCUT2D eigenvalue weighted by Gasteiger charge is 2.37. The van der Waals surface area contributed by atoms with E-state index >= 15 is 0 Å². The number of non-ortho nitro benzene ring substituents is 1. The zero-order valence-corrected chi connectivity index (χ0v) is 26.2. The molecule has 7 nitrogen and oxygen atoms in total. The Morgan fingerprint density at radius 3 is 2.58 bits per heavy atom. The van der Waals surface area contributed by atoms with E-state index in [0.29, 0.717) is 29.9 Å². The Labute approximate surface area is 265 Å². The molecule has 3 atom stereocenters. The van der Waals surface area contributed by atoms with Crippen LogP contribution in [-0.4, -0.2) is 17.7 Å². The highest BCUT2D eigenvalue weighted by atomic mass is 127. The minimum absolute atomic E-state index is 0.0536. The second-order valence-electron chi connectivity index (χ2n) is 10.9. The summed E-state index contributed by atoms with van der Waals surface area (Å²) >= 11 is 2.24. The van der Waals surface area contributed by atoms with Crippen molar-refractivity contribution >= 4 is 45.9 Å². The fourth-order valence-electron chi connectivity index (χ4n) is 5.90. The van der Waals surface area contributed by atoms with Crippen LogP contribution in [0, 0.1) is 26.5 Å². The van der Waals surface area contributed by atoms with Crippen molar-refractivity contribution in [1.29, 1.82) is 0 Å². The number of benzene rings is 4. The maximum Gasteiger partial charge on any atom is 0.269 e. The summed E-state index contributed by atoms with van der Waals surface area (Å²) in [6.07, 6.45) is 7.61. The lowest BCUT2D eigenvalue weighted by atomic mass is 9.76. The summed E-state index contributed by atoms with van der Waals surface area (Å²) in [6, 6.07) is 25.8. The number of rotatable bonds is 9. The summed E-state index contributed by atoms with van der Waals surface area (Å²) in [5.41, 5.74) is 7.87. The minimum Gasteiger partial charge on any atom is -0.490 e. The average Bonchev–Trinajstić information content (AvgIpc) is 3.51. The number of nitrogens with one attached hydrogen (secondary N) is 1. The number of nitro groups is 1. The lowest BCUT2D eigenvalue weighted by Gasteiger charge is -2.37. The Morgan fingerprint density at radius 1 is 1.05 bits per heavy atom. The fourth-order valence-corrected chi connectivity index (χ4v) is 6.68. The molecule has 8 heteroatoms. The number of aliphatic imine (C=N–C) groups is 1. The number of nitrogens with zero attached hydrogens (tertiary/aromatic N) is 2. The van der Waals surface area contributed by atoms with Crippen LogP contribution in [0.2, 0.25) is 0 Å². The molecule has 0 fully saturated rings. The average molecular weight is 686 g/mol. The Balaban J connectivity index is 1.16. The molecule has 43 heavy (non-hydrogen) atoms. The molecule has 1 aliphatic carbocycles. The molecule has 1 N–H and O–H groups in total. The van der Waals surface area contributed by atoms with E-state index in [9.17, 15) is 10.1 Å². The molecule has 0 radical (unpaired) electrons. The van der Waals surface area contributed by atoms with Gasteiger partial charge in [-0.15, -0.1) is 0 Å². The van der Waals surface area contributed by atoms with E-state index in [1.807, 2.05) is 25.3 Å². The third-order valence-corrected chi connectivity index (χ3v) is 8.80. The van der Waals surface area contributed by atoms with Gasteiger partial charge in [0.1, 0.15) is 6.61 Å². The number of anilines is 1. The monoisotopic (exact) mass is 685 g/mol. The molecule has 1 heterocycles. The van der Waals surface area contributed by atoms with Crippen LogP contribution < -0.4 is 14.8 Å². The SMILES string of the molecule is CCOc1cc(C=Nc2ccc([C@@H]3Nc4ccc(C)cc4[C@H]4C=CC[C@@H]43)cc2)cc(I)c1OCc1ccc([N+](=O)[O-])cc1. The highest BCUT2D eigenvalue weighted by molar-refractivity contribution is 14.1. The van der Waals surface area contributed by atoms with Gasteiger partial charge in [0, 0.05) is 30.0 Å². The Hall–Kier alpha value is -4.18. The number of ether oxygens (including phenoxy) is 2. The molecular formula is C35H32IN3O4. The second-order valence-corrected chi connectivity index (χ2v) is 12.1. The summed E-state index contributed by atoms with van der Waals surface area (Å²) in [7, 11) is 0. The van der Waals surface area contributed by atoms with Gasteiger partial charge in [-0.1, -0.05) is 42.0 Å². The largest absolute Gasteiger partial charge is 0.490 e. The normalized spacial score (nSPS) is 18.6. The van der Waals surface area contributed by atoms with Gasteiger partial charge < -0.3 is 14.8 Å². The van der Waals surface area contributed by atoms with Crippen LogP contribution in [0.3, 0.4) is 0 Å². The van der Waals surface area contributed by atoms with Gasteiger partial charge in [0.15, 0.2) is 11.5 Å². The fraction of sp³-hybridized carbons (Fsp3) is 0.229. The van der Waals surface area contributed by atoms with E-state index in [-0.39, 0.29) is 18.3 Å². The molecule has 0 unspecified atom stereocenters. The molecule has 0 spiro atoms. The Morgan fingerprint density at radius 2 is 1.84 bits per heavy atom. The van der Waals surface area contributed by atoms with E-state index in [0.717, 1.165) is 26.8 Å². The molecule has 4 aromatic rings. The van der Waals surface area contributed by atoms with Crippen LogP contribution in [0.25, 0.3) is 0 Å². The van der Waals surface area contributed by atoms with Crippen molar-refractivity contribution in [3.63, 3.8) is 0 Å². The molecule has 0 saturated heterocycles. The number of allylic oxidation sites excluding steroid dienone is 2. The van der Waals surface area contributed by atoms with Crippen LogP contribution in [0.5, 0.6) is 11.5 Å². The molecule has 0 amide bonds. The topological polar surface area (TPSA) is 86.0 Å². The third kappa shape index (κ3) is 6.29. The minimum atomic E-state index is -0.411. The first-order chi connectivity index (χ1) is 20.9. The molecule has 0 bridgehead atoms. The van der Waals surface area contributed by atoms with Gasteiger partial charge in [-0.25, -0.2) is 0 Å². The maximum atomic E-state index is 10.9. The summed E-state index contributed by atoms with van der Waals surface area (Å²) in [4.78, 5) is 15.3. The lowest BCUT2D eigenvalue weighted by molar-refractivity contribution is -0.384. The first-order valence-corrected chi connectivity index (χ1v) is 15.5. The van der Waals surface area contributed by atoms with E-state index in [1.165, 1.54) is 34.5 Å².